The van der Waals surface area contributed by atoms with Crippen molar-refractivity contribution in [1.29, 1.82) is 5.41 Å². The minimum atomic E-state index is 0.0706. The lowest BCUT2D eigenvalue weighted by Crippen LogP contribution is -2.06. The molecule has 0 aliphatic rings. The molecule has 0 saturated carbocycles. The number of nitrogens with one attached hydrogen (secondary N) is 1. The number of hydrogen-bond acceptors (Lipinski definition) is 2. The summed E-state index contributed by atoms with van der Waals surface area (Å²) in [5.41, 5.74) is 1.63. The van der Waals surface area contributed by atoms with E-state index in [0.29, 0.717) is 22.0 Å². The van der Waals surface area contributed by atoms with Crippen LogP contribution in [0.2, 0.25) is 5.02 Å². The van der Waals surface area contributed by atoms with Crippen LogP contribution in [-0.2, 0) is 6.42 Å². The minimum absolute atomic E-state index is 0.0706. The Kier molecular flexibility index (Phi) is 5.87. The zero-order chi connectivity index (χ0) is 14.4. The van der Waals surface area contributed by atoms with Crippen LogP contribution in [0.5, 0.6) is 0 Å². The molecule has 2 nitrogen and oxygen atoms in total. The molecule has 19 heavy (non-hydrogen) atoms. The molecule has 0 unspecified atom stereocenters. The van der Waals surface area contributed by atoms with Gasteiger partial charge in [-0.3, -0.25) is 0 Å². The van der Waals surface area contributed by atoms with Crippen LogP contribution in [0.4, 0.5) is 0 Å². The lowest BCUT2D eigenvalue weighted by molar-refractivity contribution is 0.412. The fourth-order valence-electron chi connectivity index (χ4n) is 1.56. The maximum atomic E-state index is 9.62. The molecule has 0 radical (unpaired) electrons. The van der Waals surface area contributed by atoms with E-state index in [-0.39, 0.29) is 11.5 Å². The molecule has 1 aromatic carbocycles. The van der Waals surface area contributed by atoms with Crippen LogP contribution >= 0.6 is 23.2 Å². The molecule has 1 rings (SSSR count). The first kappa shape index (κ1) is 15.5. The second kappa shape index (κ2) is 7.17. The fraction of sp³-hybridized carbons (Fsp3) is 0.133. The van der Waals surface area contributed by atoms with Crippen LogP contribution < -0.4 is 0 Å². The van der Waals surface area contributed by atoms with Gasteiger partial charge < -0.3 is 10.5 Å². The van der Waals surface area contributed by atoms with Crippen LogP contribution in [0.3, 0.4) is 0 Å². The molecule has 0 fully saturated rings. The van der Waals surface area contributed by atoms with Gasteiger partial charge in [-0.15, -0.1) is 0 Å². The van der Waals surface area contributed by atoms with E-state index in [9.17, 15) is 5.11 Å². The van der Waals surface area contributed by atoms with E-state index in [1.807, 2.05) is 12.1 Å². The Morgan fingerprint density at radius 3 is 2.63 bits per heavy atom. The second-order valence-electron chi connectivity index (χ2n) is 4.06. The number of rotatable bonds is 5. The van der Waals surface area contributed by atoms with Crippen molar-refractivity contribution in [2.45, 2.75) is 13.3 Å². The van der Waals surface area contributed by atoms with Crippen molar-refractivity contribution in [3.8, 4) is 0 Å². The summed E-state index contributed by atoms with van der Waals surface area (Å²) in [5, 5.41) is 18.6. The van der Waals surface area contributed by atoms with E-state index in [4.69, 9.17) is 28.6 Å². The molecule has 100 valence electrons. The van der Waals surface area contributed by atoms with E-state index >= 15 is 0 Å². The molecule has 0 atom stereocenters. The molecule has 0 heterocycles. The summed E-state index contributed by atoms with van der Waals surface area (Å²) in [4.78, 5) is 0. The lowest BCUT2D eigenvalue weighted by Gasteiger charge is -2.07. The first-order valence-electron chi connectivity index (χ1n) is 5.64. The van der Waals surface area contributed by atoms with E-state index < -0.39 is 0 Å². The maximum absolute atomic E-state index is 9.62. The van der Waals surface area contributed by atoms with Crippen LogP contribution in [0, 0.1) is 5.41 Å². The molecule has 2 N–H and O–H groups in total. The number of aliphatic hydroxyl groups is 1. The highest BCUT2D eigenvalue weighted by molar-refractivity contribution is 6.31. The smallest absolute Gasteiger partial charge is 0.0982 e. The first-order chi connectivity index (χ1) is 8.90. The monoisotopic (exact) mass is 295 g/mol. The summed E-state index contributed by atoms with van der Waals surface area (Å²) in [5.74, 6) is 0.0706. The van der Waals surface area contributed by atoms with Crippen molar-refractivity contribution in [1.82, 2.24) is 0 Å². The highest BCUT2D eigenvalue weighted by Gasteiger charge is 2.07. The Morgan fingerprint density at radius 2 is 2.11 bits per heavy atom. The van der Waals surface area contributed by atoms with E-state index in [1.165, 1.54) is 6.92 Å². The number of aliphatic hydroxyl groups excluding tert-OH is 1. The van der Waals surface area contributed by atoms with Gasteiger partial charge >= 0.3 is 0 Å². The summed E-state index contributed by atoms with van der Waals surface area (Å²) in [6.45, 7) is 5.06. The maximum Gasteiger partial charge on any atom is 0.0982 e. The topological polar surface area (TPSA) is 44.1 Å². The molecule has 0 aromatic heterocycles. The van der Waals surface area contributed by atoms with Gasteiger partial charge in [-0.05, 0) is 36.8 Å². The number of benzene rings is 1. The Morgan fingerprint density at radius 1 is 1.42 bits per heavy atom. The Hall–Kier alpha value is -1.51. The number of halogens is 2. The highest BCUT2D eigenvalue weighted by Crippen LogP contribution is 2.15. The van der Waals surface area contributed by atoms with Crippen molar-refractivity contribution >= 4 is 28.9 Å². The van der Waals surface area contributed by atoms with Gasteiger partial charge in [0.2, 0.25) is 0 Å². The molecule has 0 spiro atoms. The normalized spacial score (nSPS) is 12.4. The Labute approximate surface area is 123 Å². The SMILES string of the molecule is C=C(Cl)/C=C\C(C(=N)Cc1cccc(Cl)c1)=C(/C)O. The van der Waals surface area contributed by atoms with Gasteiger partial charge in [-0.2, -0.15) is 0 Å². The molecule has 0 aliphatic heterocycles. The number of allylic oxidation sites excluding steroid dienone is 5. The summed E-state index contributed by atoms with van der Waals surface area (Å²) >= 11 is 11.5. The third-order valence-corrected chi connectivity index (χ3v) is 2.78. The second-order valence-corrected chi connectivity index (χ2v) is 4.99. The van der Waals surface area contributed by atoms with Crippen molar-refractivity contribution in [3.63, 3.8) is 0 Å². The van der Waals surface area contributed by atoms with Crippen molar-refractivity contribution in [3.05, 3.63) is 69.9 Å². The summed E-state index contributed by atoms with van der Waals surface area (Å²) < 4.78 is 0. The van der Waals surface area contributed by atoms with Gasteiger partial charge in [0.1, 0.15) is 0 Å². The Bertz CT molecular complexity index is 555. The average molecular weight is 296 g/mol. The zero-order valence-electron chi connectivity index (χ0n) is 10.6. The van der Waals surface area contributed by atoms with Gasteiger partial charge in [-0.1, -0.05) is 41.9 Å². The molecule has 0 saturated heterocycles. The van der Waals surface area contributed by atoms with Gasteiger partial charge in [0.25, 0.3) is 0 Å². The molecule has 0 bridgehead atoms. The lowest BCUT2D eigenvalue weighted by atomic mass is 10.0. The fourth-order valence-corrected chi connectivity index (χ4v) is 1.84. The molecule has 0 aliphatic carbocycles. The largest absolute Gasteiger partial charge is 0.512 e. The minimum Gasteiger partial charge on any atom is -0.512 e. The Balaban J connectivity index is 2.91. The van der Waals surface area contributed by atoms with Gasteiger partial charge in [0, 0.05) is 27.8 Å². The van der Waals surface area contributed by atoms with Crippen molar-refractivity contribution in [2.24, 2.45) is 0 Å². The average Bonchev–Trinajstić information content (AvgIpc) is 2.28. The van der Waals surface area contributed by atoms with E-state index in [2.05, 4.69) is 6.58 Å². The quantitative estimate of drug-likeness (QED) is 0.446. The van der Waals surface area contributed by atoms with Gasteiger partial charge in [-0.25, -0.2) is 0 Å². The third kappa shape index (κ3) is 5.33. The third-order valence-electron chi connectivity index (χ3n) is 2.42. The molecular formula is C15H15Cl2NO. The van der Waals surface area contributed by atoms with Crippen molar-refractivity contribution in [2.75, 3.05) is 0 Å². The highest BCUT2D eigenvalue weighted by atomic mass is 35.5. The van der Waals surface area contributed by atoms with Crippen LogP contribution in [0.25, 0.3) is 0 Å². The standard InChI is InChI=1S/C15H15Cl2NO/c1-10(16)6-7-14(11(2)19)15(18)9-12-4-3-5-13(17)8-12/h3-8,18-19H,1,9H2,2H3/b7-6-,14-11-,18-15?. The van der Waals surface area contributed by atoms with Gasteiger partial charge in [0.05, 0.1) is 5.76 Å². The summed E-state index contributed by atoms with van der Waals surface area (Å²) in [6, 6.07) is 7.29. The molecule has 1 aromatic rings. The van der Waals surface area contributed by atoms with Crippen molar-refractivity contribution < 1.29 is 5.11 Å². The van der Waals surface area contributed by atoms with E-state index in [0.717, 1.165) is 5.56 Å². The predicted molar refractivity (Wildman–Crippen MR) is 82.3 cm³/mol. The van der Waals surface area contributed by atoms with Crippen LogP contribution in [0.15, 0.2) is 59.4 Å². The van der Waals surface area contributed by atoms with Crippen LogP contribution in [-0.4, -0.2) is 10.8 Å². The van der Waals surface area contributed by atoms with Gasteiger partial charge in [0.15, 0.2) is 0 Å². The molecule has 0 amide bonds. The molecular weight excluding hydrogens is 281 g/mol. The first-order valence-corrected chi connectivity index (χ1v) is 6.40. The van der Waals surface area contributed by atoms with Crippen LogP contribution in [0.1, 0.15) is 12.5 Å². The predicted octanol–water partition coefficient (Wildman–Crippen LogP) is 5.04. The zero-order valence-corrected chi connectivity index (χ0v) is 12.1. The summed E-state index contributed by atoms with van der Waals surface area (Å²) in [6.07, 6.45) is 3.51. The van der Waals surface area contributed by atoms with E-state index in [1.54, 1.807) is 24.3 Å². The number of hydrogen-bond donors (Lipinski definition) is 2. The summed E-state index contributed by atoms with van der Waals surface area (Å²) in [7, 11) is 0. The molecule has 4 heteroatoms.